The van der Waals surface area contributed by atoms with E-state index in [9.17, 15) is 19.2 Å². The van der Waals surface area contributed by atoms with E-state index in [1.807, 2.05) is 20.8 Å². The van der Waals surface area contributed by atoms with Crippen LogP contribution in [0.2, 0.25) is 0 Å². The zero-order chi connectivity index (χ0) is 20.9. The lowest BCUT2D eigenvalue weighted by Gasteiger charge is -2.27. The van der Waals surface area contributed by atoms with Crippen molar-refractivity contribution in [3.63, 3.8) is 0 Å². The molecule has 0 aromatic heterocycles. The van der Waals surface area contributed by atoms with Gasteiger partial charge in [0.05, 0.1) is 12.1 Å². The van der Waals surface area contributed by atoms with Gasteiger partial charge in [0.25, 0.3) is 0 Å². The van der Waals surface area contributed by atoms with Crippen LogP contribution in [-0.4, -0.2) is 40.9 Å². The molecule has 0 aromatic rings. The van der Waals surface area contributed by atoms with Gasteiger partial charge in [-0.3, -0.25) is 14.4 Å². The highest BCUT2D eigenvalue weighted by molar-refractivity contribution is 5.96. The molecule has 0 saturated heterocycles. The summed E-state index contributed by atoms with van der Waals surface area (Å²) in [6, 6.07) is -1.16. The lowest BCUT2D eigenvalue weighted by atomic mass is 9.78. The highest BCUT2D eigenvalue weighted by atomic mass is 16.2. The summed E-state index contributed by atoms with van der Waals surface area (Å²) in [5, 5.41) is 5.84. The summed E-state index contributed by atoms with van der Waals surface area (Å²) in [5.74, 6) is -1.40. The minimum absolute atomic E-state index is 0.0434. The number of Topliss-reactive ketones (excluding diaryl/α,β-unsaturated/α-hetero) is 3. The van der Waals surface area contributed by atoms with Gasteiger partial charge in [0.2, 0.25) is 5.91 Å². The van der Waals surface area contributed by atoms with Crippen molar-refractivity contribution in [3.05, 3.63) is 0 Å². The van der Waals surface area contributed by atoms with Crippen molar-refractivity contribution >= 4 is 23.3 Å². The Morgan fingerprint density at radius 3 is 1.73 bits per heavy atom. The largest absolute Gasteiger partial charge is 0.345 e. The van der Waals surface area contributed by atoms with Gasteiger partial charge in [0.1, 0.15) is 11.6 Å². The van der Waals surface area contributed by atoms with Crippen molar-refractivity contribution in [1.82, 2.24) is 10.6 Å². The molecule has 0 heterocycles. The average molecular weight is 369 g/mol. The minimum Gasteiger partial charge on any atom is -0.345 e. The van der Waals surface area contributed by atoms with Crippen molar-refractivity contribution in [2.45, 2.75) is 92.8 Å². The molecular formula is C20H36N2O4. The molecule has 2 N–H and O–H groups in total. The highest BCUT2D eigenvalue weighted by Gasteiger charge is 2.33. The summed E-state index contributed by atoms with van der Waals surface area (Å²) in [6.45, 7) is 15.9. The van der Waals surface area contributed by atoms with E-state index in [0.717, 1.165) is 0 Å². The molecule has 3 atom stereocenters. The zero-order valence-corrected chi connectivity index (χ0v) is 17.8. The van der Waals surface area contributed by atoms with E-state index in [1.165, 1.54) is 6.92 Å². The molecule has 0 aliphatic carbocycles. The molecule has 150 valence electrons. The first-order valence-electron chi connectivity index (χ1n) is 9.19. The number of ketones is 3. The predicted molar refractivity (Wildman–Crippen MR) is 103 cm³/mol. The van der Waals surface area contributed by atoms with Crippen LogP contribution in [0.3, 0.4) is 0 Å². The van der Waals surface area contributed by atoms with Crippen molar-refractivity contribution in [3.8, 4) is 0 Å². The van der Waals surface area contributed by atoms with Gasteiger partial charge in [-0.15, -0.1) is 0 Å². The van der Waals surface area contributed by atoms with Gasteiger partial charge in [0, 0.05) is 29.7 Å². The summed E-state index contributed by atoms with van der Waals surface area (Å²) in [6.07, 6.45) is 0.00268. The Labute approximate surface area is 157 Å². The molecule has 0 rings (SSSR count). The van der Waals surface area contributed by atoms with Crippen LogP contribution in [0.25, 0.3) is 0 Å². The first kappa shape index (κ1) is 24.4. The first-order valence-corrected chi connectivity index (χ1v) is 9.19. The van der Waals surface area contributed by atoms with Gasteiger partial charge in [0.15, 0.2) is 5.78 Å². The third-order valence-corrected chi connectivity index (χ3v) is 3.98. The number of carbonyl (C=O) groups excluding carboxylic acids is 4. The summed E-state index contributed by atoms with van der Waals surface area (Å²) in [5.41, 5.74) is -0.853. The van der Waals surface area contributed by atoms with Gasteiger partial charge >= 0.3 is 0 Å². The molecule has 0 bridgehead atoms. The number of hydrogen-bond donors (Lipinski definition) is 2. The van der Waals surface area contributed by atoms with Crippen LogP contribution in [0.15, 0.2) is 0 Å². The average Bonchev–Trinajstić information content (AvgIpc) is 2.42. The molecule has 26 heavy (non-hydrogen) atoms. The standard InChI is InChI=1S/C20H36N2O4/c1-12(23)10-15(17(25)19(4,5)6)11-16(24)13(2)21-18(26)14(3)22-20(7,8)9/h13-15,22H,10-11H2,1-9H3,(H,21,26)/t13-,14-,15+/m0/s1. The molecule has 0 fully saturated rings. The van der Waals surface area contributed by atoms with Crippen LogP contribution in [0.4, 0.5) is 0 Å². The Morgan fingerprint density at radius 2 is 1.35 bits per heavy atom. The second-order valence-corrected chi connectivity index (χ2v) is 9.23. The molecule has 0 aliphatic heterocycles. The molecule has 0 radical (unpaired) electrons. The van der Waals surface area contributed by atoms with Crippen molar-refractivity contribution in [1.29, 1.82) is 0 Å². The van der Waals surface area contributed by atoms with Gasteiger partial charge < -0.3 is 15.4 Å². The molecule has 0 unspecified atom stereocenters. The van der Waals surface area contributed by atoms with Crippen LogP contribution < -0.4 is 10.6 Å². The second-order valence-electron chi connectivity index (χ2n) is 9.23. The normalized spacial score (nSPS) is 15.7. The Hall–Kier alpha value is -1.56. The maximum absolute atomic E-state index is 12.5. The molecule has 0 saturated carbocycles. The lowest BCUT2D eigenvalue weighted by Crippen LogP contribution is -2.53. The Bertz CT molecular complexity index is 541. The van der Waals surface area contributed by atoms with Gasteiger partial charge in [-0.2, -0.15) is 0 Å². The van der Waals surface area contributed by atoms with E-state index in [0.29, 0.717) is 0 Å². The first-order chi connectivity index (χ1) is 11.5. The fraction of sp³-hybridized carbons (Fsp3) is 0.800. The Kier molecular flexibility index (Phi) is 8.83. The van der Waals surface area contributed by atoms with E-state index in [1.54, 1.807) is 34.6 Å². The molecule has 1 amide bonds. The smallest absolute Gasteiger partial charge is 0.237 e. The molecule has 6 nitrogen and oxygen atoms in total. The third kappa shape index (κ3) is 9.22. The van der Waals surface area contributed by atoms with Crippen LogP contribution in [0.1, 0.15) is 75.2 Å². The van der Waals surface area contributed by atoms with E-state index in [4.69, 9.17) is 0 Å². The number of amides is 1. The molecule has 0 aromatic carbocycles. The summed E-state index contributed by atoms with van der Waals surface area (Å²) in [7, 11) is 0. The SMILES string of the molecule is CC(=O)C[C@H](CC(=O)[C@H](C)NC(=O)[C@H](C)NC(C)(C)C)C(=O)C(C)(C)C. The van der Waals surface area contributed by atoms with Gasteiger partial charge in [-0.25, -0.2) is 0 Å². The number of hydrogen-bond acceptors (Lipinski definition) is 5. The van der Waals surface area contributed by atoms with Crippen molar-refractivity contribution in [2.75, 3.05) is 0 Å². The maximum atomic E-state index is 12.5. The summed E-state index contributed by atoms with van der Waals surface area (Å²) < 4.78 is 0. The second kappa shape index (κ2) is 9.40. The van der Waals surface area contributed by atoms with E-state index < -0.39 is 23.4 Å². The summed E-state index contributed by atoms with van der Waals surface area (Å²) >= 11 is 0. The molecular weight excluding hydrogens is 332 g/mol. The molecule has 0 aliphatic rings. The molecule has 6 heteroatoms. The Morgan fingerprint density at radius 1 is 0.846 bits per heavy atom. The zero-order valence-electron chi connectivity index (χ0n) is 17.8. The number of rotatable bonds is 9. The topological polar surface area (TPSA) is 92.3 Å². The quantitative estimate of drug-likeness (QED) is 0.652. The van der Waals surface area contributed by atoms with Crippen LogP contribution in [-0.2, 0) is 19.2 Å². The highest BCUT2D eigenvalue weighted by Crippen LogP contribution is 2.25. The minimum atomic E-state index is -0.714. The summed E-state index contributed by atoms with van der Waals surface area (Å²) in [4.78, 5) is 48.8. The van der Waals surface area contributed by atoms with Gasteiger partial charge in [-0.05, 0) is 41.5 Å². The van der Waals surface area contributed by atoms with E-state index >= 15 is 0 Å². The van der Waals surface area contributed by atoms with Gasteiger partial charge in [-0.1, -0.05) is 20.8 Å². The van der Waals surface area contributed by atoms with E-state index in [-0.39, 0.29) is 41.6 Å². The molecule has 0 spiro atoms. The van der Waals surface area contributed by atoms with Crippen molar-refractivity contribution < 1.29 is 19.2 Å². The fourth-order valence-electron chi connectivity index (χ4n) is 2.77. The lowest BCUT2D eigenvalue weighted by molar-refractivity contribution is -0.136. The van der Waals surface area contributed by atoms with Crippen LogP contribution in [0, 0.1) is 11.3 Å². The van der Waals surface area contributed by atoms with Crippen LogP contribution in [0.5, 0.6) is 0 Å². The number of nitrogens with one attached hydrogen (secondary N) is 2. The van der Waals surface area contributed by atoms with Crippen LogP contribution >= 0.6 is 0 Å². The van der Waals surface area contributed by atoms with E-state index in [2.05, 4.69) is 10.6 Å². The fourth-order valence-corrected chi connectivity index (χ4v) is 2.77. The maximum Gasteiger partial charge on any atom is 0.237 e. The monoisotopic (exact) mass is 368 g/mol. The number of carbonyl (C=O) groups is 4. The predicted octanol–water partition coefficient (Wildman–Crippen LogP) is 2.44. The van der Waals surface area contributed by atoms with Crippen molar-refractivity contribution in [2.24, 2.45) is 11.3 Å². The third-order valence-electron chi connectivity index (χ3n) is 3.98. The Balaban J connectivity index is 4.95.